The standard InChI is InChI=1S/C14H17FO2/c1-3-16-11-5-6-12(13(15)8-11)14-7-4-10(2)9-17-14/h5-6,8-9,14H,3-4,7H2,1-2H3. The van der Waals surface area contributed by atoms with Gasteiger partial charge in [-0.05, 0) is 44.4 Å². The topological polar surface area (TPSA) is 18.5 Å². The van der Waals surface area contributed by atoms with Crippen molar-refractivity contribution < 1.29 is 13.9 Å². The van der Waals surface area contributed by atoms with Gasteiger partial charge in [0.2, 0.25) is 0 Å². The molecule has 92 valence electrons. The average molecular weight is 236 g/mol. The van der Waals surface area contributed by atoms with E-state index in [0.717, 1.165) is 12.8 Å². The highest BCUT2D eigenvalue weighted by Gasteiger charge is 2.19. The van der Waals surface area contributed by atoms with Gasteiger partial charge >= 0.3 is 0 Å². The van der Waals surface area contributed by atoms with Crippen LogP contribution in [0.5, 0.6) is 5.75 Å². The lowest BCUT2D eigenvalue weighted by atomic mass is 10.00. The van der Waals surface area contributed by atoms with Gasteiger partial charge in [0.05, 0.1) is 12.9 Å². The Kier molecular flexibility index (Phi) is 3.67. The zero-order valence-electron chi connectivity index (χ0n) is 10.2. The zero-order chi connectivity index (χ0) is 12.3. The predicted molar refractivity (Wildman–Crippen MR) is 64.4 cm³/mol. The van der Waals surface area contributed by atoms with Crippen LogP contribution in [-0.2, 0) is 4.74 Å². The van der Waals surface area contributed by atoms with Crippen LogP contribution in [0.4, 0.5) is 4.39 Å². The third-order valence-corrected chi connectivity index (χ3v) is 2.86. The number of ether oxygens (including phenoxy) is 2. The lowest BCUT2D eigenvalue weighted by Crippen LogP contribution is -2.08. The van der Waals surface area contributed by atoms with Crippen molar-refractivity contribution in [3.63, 3.8) is 0 Å². The van der Waals surface area contributed by atoms with Gasteiger partial charge in [-0.25, -0.2) is 4.39 Å². The summed E-state index contributed by atoms with van der Waals surface area (Å²) >= 11 is 0. The van der Waals surface area contributed by atoms with Crippen molar-refractivity contribution in [2.45, 2.75) is 32.8 Å². The van der Waals surface area contributed by atoms with Crippen LogP contribution < -0.4 is 4.74 Å². The van der Waals surface area contributed by atoms with Gasteiger partial charge in [-0.15, -0.1) is 0 Å². The number of hydrogen-bond donors (Lipinski definition) is 0. The molecule has 0 saturated heterocycles. The number of rotatable bonds is 3. The molecule has 3 heteroatoms. The van der Waals surface area contributed by atoms with E-state index in [1.165, 1.54) is 11.6 Å². The van der Waals surface area contributed by atoms with E-state index in [-0.39, 0.29) is 11.9 Å². The fourth-order valence-electron chi connectivity index (χ4n) is 1.94. The van der Waals surface area contributed by atoms with Crippen LogP contribution in [0.2, 0.25) is 0 Å². The Labute approximate surface area is 101 Å². The minimum Gasteiger partial charge on any atom is -0.494 e. The average Bonchev–Trinajstić information content (AvgIpc) is 2.31. The predicted octanol–water partition coefficient (Wildman–Crippen LogP) is 3.98. The summed E-state index contributed by atoms with van der Waals surface area (Å²) in [6, 6.07) is 4.96. The molecule has 0 spiro atoms. The highest BCUT2D eigenvalue weighted by atomic mass is 19.1. The monoisotopic (exact) mass is 236 g/mol. The second-order valence-electron chi connectivity index (χ2n) is 4.24. The molecule has 1 aromatic carbocycles. The largest absolute Gasteiger partial charge is 0.494 e. The minimum atomic E-state index is -0.256. The molecule has 1 heterocycles. The number of benzene rings is 1. The van der Waals surface area contributed by atoms with Gasteiger partial charge in [0.25, 0.3) is 0 Å². The zero-order valence-corrected chi connectivity index (χ0v) is 10.2. The molecular weight excluding hydrogens is 219 g/mol. The summed E-state index contributed by atoms with van der Waals surface area (Å²) in [4.78, 5) is 0. The molecule has 1 aliphatic rings. The maximum absolute atomic E-state index is 13.9. The van der Waals surface area contributed by atoms with Crippen LogP contribution in [0, 0.1) is 5.82 Å². The first-order valence-corrected chi connectivity index (χ1v) is 5.94. The molecule has 1 aliphatic heterocycles. The maximum Gasteiger partial charge on any atom is 0.133 e. The Morgan fingerprint density at radius 2 is 2.29 bits per heavy atom. The summed E-state index contributed by atoms with van der Waals surface area (Å²) in [6.45, 7) is 4.44. The lowest BCUT2D eigenvalue weighted by Gasteiger charge is -2.22. The van der Waals surface area contributed by atoms with Crippen LogP contribution in [-0.4, -0.2) is 6.61 Å². The quantitative estimate of drug-likeness (QED) is 0.790. The second kappa shape index (κ2) is 5.21. The summed E-state index contributed by atoms with van der Waals surface area (Å²) in [5.41, 5.74) is 1.81. The van der Waals surface area contributed by atoms with Crippen molar-refractivity contribution in [1.29, 1.82) is 0 Å². The Morgan fingerprint density at radius 1 is 1.47 bits per heavy atom. The van der Waals surface area contributed by atoms with Gasteiger partial charge in [-0.1, -0.05) is 0 Å². The Balaban J connectivity index is 2.16. The molecule has 0 aromatic heterocycles. The van der Waals surface area contributed by atoms with Crippen molar-refractivity contribution in [2.24, 2.45) is 0 Å². The van der Waals surface area contributed by atoms with Gasteiger partial charge in [-0.2, -0.15) is 0 Å². The molecule has 0 aliphatic carbocycles. The van der Waals surface area contributed by atoms with Crippen LogP contribution in [0.25, 0.3) is 0 Å². The fraction of sp³-hybridized carbons (Fsp3) is 0.429. The molecule has 1 atom stereocenters. The van der Waals surface area contributed by atoms with E-state index >= 15 is 0 Å². The normalized spacial score (nSPS) is 19.5. The molecule has 0 fully saturated rings. The van der Waals surface area contributed by atoms with Gasteiger partial charge < -0.3 is 9.47 Å². The minimum absolute atomic E-state index is 0.172. The van der Waals surface area contributed by atoms with E-state index in [2.05, 4.69) is 0 Å². The summed E-state index contributed by atoms with van der Waals surface area (Å²) in [6.07, 6.45) is 3.34. The van der Waals surface area contributed by atoms with E-state index in [4.69, 9.17) is 9.47 Å². The fourth-order valence-corrected chi connectivity index (χ4v) is 1.94. The number of hydrogen-bond acceptors (Lipinski definition) is 2. The molecule has 0 saturated carbocycles. The molecule has 1 unspecified atom stereocenters. The molecule has 2 rings (SSSR count). The Hall–Kier alpha value is -1.51. The van der Waals surface area contributed by atoms with Crippen LogP contribution >= 0.6 is 0 Å². The first kappa shape index (κ1) is 12.0. The van der Waals surface area contributed by atoms with E-state index < -0.39 is 0 Å². The first-order valence-electron chi connectivity index (χ1n) is 5.94. The van der Waals surface area contributed by atoms with Crippen molar-refractivity contribution in [2.75, 3.05) is 6.61 Å². The van der Waals surface area contributed by atoms with Crippen LogP contribution in [0.15, 0.2) is 30.0 Å². The first-order chi connectivity index (χ1) is 8.20. The summed E-state index contributed by atoms with van der Waals surface area (Å²) in [5, 5.41) is 0. The van der Waals surface area contributed by atoms with E-state index in [1.807, 2.05) is 13.8 Å². The Morgan fingerprint density at radius 3 is 2.88 bits per heavy atom. The van der Waals surface area contributed by atoms with Gasteiger partial charge in [0.15, 0.2) is 0 Å². The second-order valence-corrected chi connectivity index (χ2v) is 4.24. The summed E-state index contributed by atoms with van der Waals surface area (Å²) in [7, 11) is 0. The molecule has 2 nitrogen and oxygen atoms in total. The smallest absolute Gasteiger partial charge is 0.133 e. The van der Waals surface area contributed by atoms with Crippen LogP contribution in [0.3, 0.4) is 0 Å². The van der Waals surface area contributed by atoms with E-state index in [0.29, 0.717) is 17.9 Å². The number of halogens is 1. The molecule has 0 amide bonds. The van der Waals surface area contributed by atoms with Crippen molar-refractivity contribution in [1.82, 2.24) is 0 Å². The third kappa shape index (κ3) is 2.78. The molecule has 0 bridgehead atoms. The van der Waals surface area contributed by atoms with Crippen molar-refractivity contribution in [3.8, 4) is 5.75 Å². The van der Waals surface area contributed by atoms with Crippen molar-refractivity contribution >= 4 is 0 Å². The molecule has 17 heavy (non-hydrogen) atoms. The summed E-state index contributed by atoms with van der Waals surface area (Å²) < 4.78 is 24.6. The SMILES string of the molecule is CCOc1ccc(C2CCC(C)=CO2)c(F)c1. The molecular formula is C14H17FO2. The maximum atomic E-state index is 13.9. The molecule has 1 aromatic rings. The highest BCUT2D eigenvalue weighted by molar-refractivity contribution is 5.30. The lowest BCUT2D eigenvalue weighted by molar-refractivity contribution is 0.117. The highest BCUT2D eigenvalue weighted by Crippen LogP contribution is 2.32. The number of allylic oxidation sites excluding steroid dienone is 1. The van der Waals surface area contributed by atoms with Crippen molar-refractivity contribution in [3.05, 3.63) is 41.4 Å². The van der Waals surface area contributed by atoms with E-state index in [9.17, 15) is 4.39 Å². The van der Waals surface area contributed by atoms with Gasteiger partial charge in [0, 0.05) is 11.6 Å². The van der Waals surface area contributed by atoms with Gasteiger partial charge in [0.1, 0.15) is 17.7 Å². The Bertz CT molecular complexity index is 426. The van der Waals surface area contributed by atoms with Gasteiger partial charge in [-0.3, -0.25) is 0 Å². The van der Waals surface area contributed by atoms with E-state index in [1.54, 1.807) is 18.4 Å². The molecule has 0 radical (unpaired) electrons. The molecule has 0 N–H and O–H groups in total. The summed E-state index contributed by atoms with van der Waals surface area (Å²) in [5.74, 6) is 0.310. The third-order valence-electron chi connectivity index (χ3n) is 2.86. The van der Waals surface area contributed by atoms with Crippen LogP contribution in [0.1, 0.15) is 38.4 Å².